The number of aromatic hydroxyl groups is 1. The van der Waals surface area contributed by atoms with Crippen molar-refractivity contribution in [2.45, 2.75) is 25.3 Å². The van der Waals surface area contributed by atoms with E-state index in [9.17, 15) is 9.90 Å². The number of phenols is 1. The van der Waals surface area contributed by atoms with Crippen LogP contribution in [0.4, 0.5) is 0 Å². The van der Waals surface area contributed by atoms with Crippen molar-refractivity contribution in [1.29, 1.82) is 0 Å². The highest BCUT2D eigenvalue weighted by Gasteiger charge is 2.19. The van der Waals surface area contributed by atoms with Gasteiger partial charge in [-0.2, -0.15) is 0 Å². The van der Waals surface area contributed by atoms with E-state index in [0.717, 1.165) is 30.5 Å². The molecule has 2 N–H and O–H groups in total. The number of ether oxygens (including phenoxy) is 1. The molecule has 0 aliphatic carbocycles. The molecule has 0 unspecified atom stereocenters. The van der Waals surface area contributed by atoms with Gasteiger partial charge in [-0.25, -0.2) is 0 Å². The first kappa shape index (κ1) is 11.9. The van der Waals surface area contributed by atoms with Crippen LogP contribution in [0, 0.1) is 0 Å². The molecule has 4 nitrogen and oxygen atoms in total. The first-order valence-corrected chi connectivity index (χ1v) is 5.82. The van der Waals surface area contributed by atoms with E-state index in [1.807, 2.05) is 6.07 Å². The van der Waals surface area contributed by atoms with Crippen molar-refractivity contribution in [3.8, 4) is 5.75 Å². The molecule has 0 bridgehead atoms. The van der Waals surface area contributed by atoms with Gasteiger partial charge < -0.3 is 15.2 Å². The minimum Gasteiger partial charge on any atom is -0.508 e. The van der Waals surface area contributed by atoms with Crippen molar-refractivity contribution in [3.63, 3.8) is 0 Å². The molecule has 0 saturated carbocycles. The smallest absolute Gasteiger partial charge is 0.309 e. The van der Waals surface area contributed by atoms with Gasteiger partial charge in [-0.3, -0.25) is 4.79 Å². The molecule has 1 saturated heterocycles. The summed E-state index contributed by atoms with van der Waals surface area (Å²) < 4.78 is 4.63. The Morgan fingerprint density at radius 2 is 2.41 bits per heavy atom. The minimum absolute atomic E-state index is 0.201. The molecule has 1 fully saturated rings. The maximum atomic E-state index is 11.2. The van der Waals surface area contributed by atoms with Crippen LogP contribution in [0.3, 0.4) is 0 Å². The maximum Gasteiger partial charge on any atom is 0.309 e. The molecular formula is C13H17NO3. The molecule has 1 heterocycles. The van der Waals surface area contributed by atoms with E-state index in [1.165, 1.54) is 7.11 Å². The Balaban J connectivity index is 2.19. The molecule has 1 atom stereocenters. The van der Waals surface area contributed by atoms with Crippen LogP contribution in [0.25, 0.3) is 0 Å². The molecule has 1 aliphatic heterocycles. The van der Waals surface area contributed by atoms with Crippen LogP contribution in [0.15, 0.2) is 18.2 Å². The molecule has 4 heteroatoms. The number of benzene rings is 1. The number of carbonyl (C=O) groups excluding carboxylic acids is 1. The van der Waals surface area contributed by atoms with Crippen molar-refractivity contribution in [2.75, 3.05) is 13.7 Å². The Hall–Kier alpha value is -1.55. The van der Waals surface area contributed by atoms with Gasteiger partial charge in [0.15, 0.2) is 0 Å². The van der Waals surface area contributed by atoms with Crippen molar-refractivity contribution in [2.24, 2.45) is 0 Å². The predicted molar refractivity (Wildman–Crippen MR) is 63.8 cm³/mol. The molecule has 0 radical (unpaired) electrons. The normalized spacial score (nSPS) is 19.2. The average molecular weight is 235 g/mol. The van der Waals surface area contributed by atoms with Crippen LogP contribution >= 0.6 is 0 Å². The lowest BCUT2D eigenvalue weighted by atomic mass is 10.00. The van der Waals surface area contributed by atoms with Crippen LogP contribution < -0.4 is 5.32 Å². The zero-order valence-electron chi connectivity index (χ0n) is 9.90. The topological polar surface area (TPSA) is 58.6 Å². The highest BCUT2D eigenvalue weighted by molar-refractivity contribution is 5.72. The van der Waals surface area contributed by atoms with Crippen molar-refractivity contribution < 1.29 is 14.6 Å². The van der Waals surface area contributed by atoms with Gasteiger partial charge in [0.2, 0.25) is 0 Å². The summed E-state index contributed by atoms with van der Waals surface area (Å²) in [6, 6.07) is 5.49. The number of hydrogen-bond acceptors (Lipinski definition) is 4. The number of hydrogen-bond donors (Lipinski definition) is 2. The van der Waals surface area contributed by atoms with E-state index < -0.39 is 0 Å². The summed E-state index contributed by atoms with van der Waals surface area (Å²) in [5.74, 6) is 0.0269. The van der Waals surface area contributed by atoms with Crippen LogP contribution in [-0.4, -0.2) is 24.7 Å². The lowest BCUT2D eigenvalue weighted by Gasteiger charge is -2.13. The number of methoxy groups -OCH3 is 1. The fourth-order valence-electron chi connectivity index (χ4n) is 2.18. The average Bonchev–Trinajstić information content (AvgIpc) is 2.85. The number of phenolic OH excluding ortho intramolecular Hbond substituents is 1. The van der Waals surface area contributed by atoms with Crippen LogP contribution in [0.1, 0.15) is 30.0 Å². The first-order valence-electron chi connectivity index (χ1n) is 5.82. The third kappa shape index (κ3) is 2.77. The van der Waals surface area contributed by atoms with Gasteiger partial charge in [0, 0.05) is 11.6 Å². The largest absolute Gasteiger partial charge is 0.508 e. The van der Waals surface area contributed by atoms with Gasteiger partial charge in [0.05, 0.1) is 13.5 Å². The summed E-state index contributed by atoms with van der Waals surface area (Å²) in [6.07, 6.45) is 2.39. The van der Waals surface area contributed by atoms with E-state index >= 15 is 0 Å². The summed E-state index contributed by atoms with van der Waals surface area (Å²) in [5, 5.41) is 13.2. The Morgan fingerprint density at radius 3 is 3.06 bits per heavy atom. The van der Waals surface area contributed by atoms with E-state index in [-0.39, 0.29) is 24.2 Å². The van der Waals surface area contributed by atoms with E-state index in [0.29, 0.717) is 0 Å². The fourth-order valence-corrected chi connectivity index (χ4v) is 2.18. The number of esters is 1. The predicted octanol–water partition coefficient (Wildman–Crippen LogP) is 1.53. The summed E-state index contributed by atoms with van der Waals surface area (Å²) in [5.41, 5.74) is 1.75. The second-order valence-electron chi connectivity index (χ2n) is 4.30. The standard InChI is InChI=1S/C13H17NO3/c1-17-13(16)8-9-4-5-12(15)10(7-9)11-3-2-6-14-11/h4-5,7,11,14-15H,2-3,6,8H2,1H3/t11-/m1/s1. The van der Waals surface area contributed by atoms with E-state index in [2.05, 4.69) is 10.1 Å². The Labute approximate surface area is 101 Å². The number of nitrogens with one attached hydrogen (secondary N) is 1. The van der Waals surface area contributed by atoms with Gasteiger partial charge in [-0.05, 0) is 37.1 Å². The second-order valence-corrected chi connectivity index (χ2v) is 4.30. The third-order valence-corrected chi connectivity index (χ3v) is 3.10. The molecule has 1 aromatic rings. The molecule has 1 aliphatic rings. The zero-order chi connectivity index (χ0) is 12.3. The number of rotatable bonds is 3. The number of carbonyl (C=O) groups is 1. The molecule has 0 spiro atoms. The second kappa shape index (κ2) is 5.19. The zero-order valence-corrected chi connectivity index (χ0v) is 9.90. The highest BCUT2D eigenvalue weighted by atomic mass is 16.5. The third-order valence-electron chi connectivity index (χ3n) is 3.10. The minimum atomic E-state index is -0.263. The molecular weight excluding hydrogens is 218 g/mol. The van der Waals surface area contributed by atoms with Gasteiger partial charge in [0.1, 0.15) is 5.75 Å². The van der Waals surface area contributed by atoms with Crippen LogP contribution in [-0.2, 0) is 16.0 Å². The quantitative estimate of drug-likeness (QED) is 0.780. The molecule has 0 aromatic heterocycles. The monoisotopic (exact) mass is 235 g/mol. The lowest BCUT2D eigenvalue weighted by molar-refractivity contribution is -0.139. The molecule has 0 amide bonds. The van der Waals surface area contributed by atoms with Crippen molar-refractivity contribution in [1.82, 2.24) is 5.32 Å². The Morgan fingerprint density at radius 1 is 1.59 bits per heavy atom. The van der Waals surface area contributed by atoms with E-state index in [4.69, 9.17) is 0 Å². The summed E-state index contributed by atoms with van der Waals surface area (Å²) >= 11 is 0. The van der Waals surface area contributed by atoms with E-state index in [1.54, 1.807) is 12.1 Å². The fraction of sp³-hybridized carbons (Fsp3) is 0.462. The molecule has 17 heavy (non-hydrogen) atoms. The first-order chi connectivity index (χ1) is 8.20. The van der Waals surface area contributed by atoms with Crippen LogP contribution in [0.5, 0.6) is 5.75 Å². The summed E-state index contributed by atoms with van der Waals surface area (Å²) in [7, 11) is 1.38. The summed E-state index contributed by atoms with van der Waals surface area (Å²) in [4.78, 5) is 11.2. The molecule has 1 aromatic carbocycles. The van der Waals surface area contributed by atoms with Gasteiger partial charge in [-0.15, -0.1) is 0 Å². The molecule has 2 rings (SSSR count). The van der Waals surface area contributed by atoms with Crippen molar-refractivity contribution in [3.05, 3.63) is 29.3 Å². The van der Waals surface area contributed by atoms with Crippen molar-refractivity contribution >= 4 is 5.97 Å². The Bertz CT molecular complexity index is 411. The van der Waals surface area contributed by atoms with Gasteiger partial charge in [0.25, 0.3) is 0 Å². The SMILES string of the molecule is COC(=O)Cc1ccc(O)c([C@H]2CCCN2)c1. The highest BCUT2D eigenvalue weighted by Crippen LogP contribution is 2.30. The lowest BCUT2D eigenvalue weighted by Crippen LogP contribution is -2.13. The maximum absolute atomic E-state index is 11.2. The molecule has 92 valence electrons. The van der Waals surface area contributed by atoms with Gasteiger partial charge in [-0.1, -0.05) is 6.07 Å². The summed E-state index contributed by atoms with van der Waals surface area (Å²) in [6.45, 7) is 0.978. The van der Waals surface area contributed by atoms with Crippen LogP contribution in [0.2, 0.25) is 0 Å². The van der Waals surface area contributed by atoms with Gasteiger partial charge >= 0.3 is 5.97 Å². The Kier molecular flexibility index (Phi) is 3.64.